The lowest BCUT2D eigenvalue weighted by Crippen LogP contribution is -2.08. The van der Waals surface area contributed by atoms with E-state index in [-0.39, 0.29) is 0 Å². The second-order valence-electron chi connectivity index (χ2n) is 4.63. The maximum Gasteiger partial charge on any atom is 0.156 e. The highest BCUT2D eigenvalue weighted by molar-refractivity contribution is 9.10. The van der Waals surface area contributed by atoms with E-state index < -0.39 is 0 Å². The standard InChI is InChI=1S/C15H14BrN5/c1-11-7-12(16)8-17-15(11)18-9-14-20-19-10-21(14)13-5-3-2-4-6-13/h2-8,10H,9H2,1H3,(H,17,18). The number of aromatic nitrogens is 4. The van der Waals surface area contributed by atoms with Crippen LogP contribution in [-0.2, 0) is 6.54 Å². The summed E-state index contributed by atoms with van der Waals surface area (Å²) in [6, 6.07) is 12.0. The minimum Gasteiger partial charge on any atom is -0.363 e. The fourth-order valence-corrected chi connectivity index (χ4v) is 2.52. The van der Waals surface area contributed by atoms with Crippen molar-refractivity contribution in [2.45, 2.75) is 13.5 Å². The van der Waals surface area contributed by atoms with Crippen LogP contribution in [0, 0.1) is 6.92 Å². The Morgan fingerprint density at radius 2 is 2.05 bits per heavy atom. The number of pyridine rings is 1. The van der Waals surface area contributed by atoms with Crippen LogP contribution in [0.15, 0.2) is 53.4 Å². The van der Waals surface area contributed by atoms with Gasteiger partial charge in [0.2, 0.25) is 0 Å². The molecule has 1 N–H and O–H groups in total. The molecule has 0 aliphatic carbocycles. The van der Waals surface area contributed by atoms with Crippen molar-refractivity contribution >= 4 is 21.7 Å². The third kappa shape index (κ3) is 3.11. The average molecular weight is 344 g/mol. The molecular formula is C15H14BrN5. The second-order valence-corrected chi connectivity index (χ2v) is 5.54. The smallest absolute Gasteiger partial charge is 0.156 e. The van der Waals surface area contributed by atoms with E-state index in [1.165, 1.54) is 0 Å². The number of rotatable bonds is 4. The molecule has 0 aliphatic rings. The molecule has 1 aromatic carbocycles. The monoisotopic (exact) mass is 343 g/mol. The number of nitrogens with zero attached hydrogens (tertiary/aromatic N) is 4. The first kappa shape index (κ1) is 13.8. The van der Waals surface area contributed by atoms with Crippen LogP contribution in [0.4, 0.5) is 5.82 Å². The predicted molar refractivity (Wildman–Crippen MR) is 85.4 cm³/mol. The number of benzene rings is 1. The molecule has 0 amide bonds. The normalized spacial score (nSPS) is 10.6. The molecular weight excluding hydrogens is 330 g/mol. The predicted octanol–water partition coefficient (Wildman–Crippen LogP) is 3.35. The summed E-state index contributed by atoms with van der Waals surface area (Å²) in [5.41, 5.74) is 2.12. The quantitative estimate of drug-likeness (QED) is 0.789. The average Bonchev–Trinajstić information content (AvgIpc) is 2.96. The number of nitrogens with one attached hydrogen (secondary N) is 1. The Balaban J connectivity index is 1.79. The van der Waals surface area contributed by atoms with Crippen LogP contribution >= 0.6 is 15.9 Å². The molecule has 2 heterocycles. The largest absolute Gasteiger partial charge is 0.363 e. The lowest BCUT2D eigenvalue weighted by atomic mass is 10.3. The molecule has 0 aliphatic heterocycles. The van der Waals surface area contributed by atoms with Crippen molar-refractivity contribution in [3.05, 3.63) is 64.8 Å². The van der Waals surface area contributed by atoms with E-state index >= 15 is 0 Å². The van der Waals surface area contributed by atoms with Gasteiger partial charge in [-0.15, -0.1) is 10.2 Å². The number of anilines is 1. The van der Waals surface area contributed by atoms with Gasteiger partial charge in [-0.1, -0.05) is 18.2 Å². The molecule has 0 bridgehead atoms. The Labute approximate surface area is 131 Å². The van der Waals surface area contributed by atoms with Crippen molar-refractivity contribution < 1.29 is 0 Å². The van der Waals surface area contributed by atoms with Crippen molar-refractivity contribution in [3.63, 3.8) is 0 Å². The van der Waals surface area contributed by atoms with E-state index in [2.05, 4.69) is 36.4 Å². The van der Waals surface area contributed by atoms with Crippen LogP contribution in [0.2, 0.25) is 0 Å². The van der Waals surface area contributed by atoms with Crippen molar-refractivity contribution in [2.24, 2.45) is 0 Å². The zero-order valence-corrected chi connectivity index (χ0v) is 13.1. The molecule has 106 valence electrons. The Morgan fingerprint density at radius 1 is 1.24 bits per heavy atom. The van der Waals surface area contributed by atoms with Gasteiger partial charge in [-0.25, -0.2) is 4.98 Å². The number of halogens is 1. The number of para-hydroxylation sites is 1. The van der Waals surface area contributed by atoms with Gasteiger partial charge in [-0.05, 0) is 46.6 Å². The van der Waals surface area contributed by atoms with E-state index in [1.807, 2.05) is 47.9 Å². The summed E-state index contributed by atoms with van der Waals surface area (Å²) in [4.78, 5) is 4.36. The van der Waals surface area contributed by atoms with Gasteiger partial charge in [0.1, 0.15) is 12.1 Å². The van der Waals surface area contributed by atoms with Gasteiger partial charge in [0, 0.05) is 16.4 Å². The molecule has 0 spiro atoms. The summed E-state index contributed by atoms with van der Waals surface area (Å²) in [6.45, 7) is 2.58. The van der Waals surface area contributed by atoms with Crippen LogP contribution in [0.5, 0.6) is 0 Å². The van der Waals surface area contributed by atoms with Crippen LogP contribution in [0.3, 0.4) is 0 Å². The zero-order chi connectivity index (χ0) is 14.7. The zero-order valence-electron chi connectivity index (χ0n) is 11.5. The van der Waals surface area contributed by atoms with Crippen molar-refractivity contribution in [3.8, 4) is 5.69 Å². The Kier molecular flexibility index (Phi) is 3.96. The minimum absolute atomic E-state index is 0.560. The SMILES string of the molecule is Cc1cc(Br)cnc1NCc1nncn1-c1ccccc1. The first-order valence-electron chi connectivity index (χ1n) is 6.54. The van der Waals surface area contributed by atoms with Crippen LogP contribution in [0.25, 0.3) is 5.69 Å². The first-order valence-corrected chi connectivity index (χ1v) is 7.33. The Bertz CT molecular complexity index is 739. The highest BCUT2D eigenvalue weighted by atomic mass is 79.9. The summed E-state index contributed by atoms with van der Waals surface area (Å²) in [5, 5.41) is 11.5. The lowest BCUT2D eigenvalue weighted by molar-refractivity contribution is 0.884. The van der Waals surface area contributed by atoms with E-state index in [4.69, 9.17) is 0 Å². The van der Waals surface area contributed by atoms with Gasteiger partial charge in [0.05, 0.1) is 6.54 Å². The number of aryl methyl sites for hydroxylation is 1. The fraction of sp³-hybridized carbons (Fsp3) is 0.133. The molecule has 21 heavy (non-hydrogen) atoms. The molecule has 3 rings (SSSR count). The van der Waals surface area contributed by atoms with Gasteiger partial charge in [-0.2, -0.15) is 0 Å². The summed E-state index contributed by atoms with van der Waals surface area (Å²) in [6.07, 6.45) is 3.49. The Hall–Kier alpha value is -2.21. The third-order valence-electron chi connectivity index (χ3n) is 3.11. The van der Waals surface area contributed by atoms with E-state index in [1.54, 1.807) is 12.5 Å². The topological polar surface area (TPSA) is 55.6 Å². The maximum atomic E-state index is 4.36. The minimum atomic E-state index is 0.560. The molecule has 0 unspecified atom stereocenters. The summed E-state index contributed by atoms with van der Waals surface area (Å²) >= 11 is 3.41. The van der Waals surface area contributed by atoms with E-state index in [0.29, 0.717) is 6.54 Å². The molecule has 0 saturated heterocycles. The van der Waals surface area contributed by atoms with Gasteiger partial charge in [0.25, 0.3) is 0 Å². The molecule has 2 aromatic heterocycles. The van der Waals surface area contributed by atoms with Gasteiger partial charge < -0.3 is 5.32 Å². The highest BCUT2D eigenvalue weighted by Gasteiger charge is 2.07. The van der Waals surface area contributed by atoms with Crippen LogP contribution < -0.4 is 5.32 Å². The van der Waals surface area contributed by atoms with Gasteiger partial charge in [-0.3, -0.25) is 4.57 Å². The maximum absolute atomic E-state index is 4.36. The van der Waals surface area contributed by atoms with Crippen molar-refractivity contribution in [1.82, 2.24) is 19.7 Å². The van der Waals surface area contributed by atoms with Crippen molar-refractivity contribution in [1.29, 1.82) is 0 Å². The number of hydrogen-bond donors (Lipinski definition) is 1. The number of hydrogen-bond acceptors (Lipinski definition) is 4. The first-order chi connectivity index (χ1) is 10.2. The molecule has 5 nitrogen and oxygen atoms in total. The molecule has 0 fully saturated rings. The Morgan fingerprint density at radius 3 is 2.81 bits per heavy atom. The third-order valence-corrected chi connectivity index (χ3v) is 3.55. The van der Waals surface area contributed by atoms with Gasteiger partial charge >= 0.3 is 0 Å². The van der Waals surface area contributed by atoms with Crippen molar-refractivity contribution in [2.75, 3.05) is 5.32 Å². The summed E-state index contributed by atoms with van der Waals surface area (Å²) < 4.78 is 2.93. The molecule has 3 aromatic rings. The van der Waals surface area contributed by atoms with E-state index in [9.17, 15) is 0 Å². The lowest BCUT2D eigenvalue weighted by Gasteiger charge is -2.10. The molecule has 0 atom stereocenters. The van der Waals surface area contributed by atoms with Crippen LogP contribution in [-0.4, -0.2) is 19.7 Å². The van der Waals surface area contributed by atoms with Crippen LogP contribution in [0.1, 0.15) is 11.4 Å². The summed E-state index contributed by atoms with van der Waals surface area (Å²) in [7, 11) is 0. The molecule has 6 heteroatoms. The second kappa shape index (κ2) is 6.05. The molecule has 0 radical (unpaired) electrons. The highest BCUT2D eigenvalue weighted by Crippen LogP contribution is 2.17. The van der Waals surface area contributed by atoms with Gasteiger partial charge in [0.15, 0.2) is 5.82 Å². The summed E-state index contributed by atoms with van der Waals surface area (Å²) in [5.74, 6) is 1.69. The molecule has 0 saturated carbocycles. The van der Waals surface area contributed by atoms with E-state index in [0.717, 1.165) is 27.4 Å². The fourth-order valence-electron chi connectivity index (χ4n) is 2.07.